The minimum Gasteiger partial charge on any atom is -0.493 e. The Balaban J connectivity index is 1.82. The van der Waals surface area contributed by atoms with Gasteiger partial charge < -0.3 is 14.4 Å². The quantitative estimate of drug-likeness (QED) is 0.919. The van der Waals surface area contributed by atoms with Gasteiger partial charge in [0.15, 0.2) is 0 Å². The predicted molar refractivity (Wildman–Crippen MR) is 70.7 cm³/mol. The number of fused-ring (bicyclic) bond motifs is 1. The summed E-state index contributed by atoms with van der Waals surface area (Å²) in [6.45, 7) is 1.50. The molecule has 1 atom stereocenters. The van der Waals surface area contributed by atoms with E-state index in [-0.39, 0.29) is 0 Å². The zero-order valence-corrected chi connectivity index (χ0v) is 10.5. The molecule has 1 aromatic carbocycles. The minimum atomic E-state index is -0.883. The number of carboxylic acids is 1. The molecule has 1 unspecified atom stereocenters. The van der Waals surface area contributed by atoms with Crippen molar-refractivity contribution in [2.45, 2.75) is 18.9 Å². The third-order valence-electron chi connectivity index (χ3n) is 3.51. The van der Waals surface area contributed by atoms with Crippen LogP contribution >= 0.6 is 0 Å². The van der Waals surface area contributed by atoms with Crippen LogP contribution < -0.4 is 4.74 Å². The molecular formula is C15H15NO3. The van der Waals surface area contributed by atoms with E-state index in [0.717, 1.165) is 25.3 Å². The molecule has 19 heavy (non-hydrogen) atoms. The highest BCUT2D eigenvalue weighted by Crippen LogP contribution is 2.34. The molecule has 0 aliphatic carbocycles. The summed E-state index contributed by atoms with van der Waals surface area (Å²) in [6, 6.07) is 9.69. The fourth-order valence-corrected chi connectivity index (χ4v) is 2.54. The average Bonchev–Trinajstić information content (AvgIpc) is 2.88. The highest BCUT2D eigenvalue weighted by atomic mass is 16.5. The maximum atomic E-state index is 10.9. The third kappa shape index (κ3) is 2.34. The zero-order chi connectivity index (χ0) is 13.2. The van der Waals surface area contributed by atoms with Gasteiger partial charge in [-0.2, -0.15) is 0 Å². The first-order valence-corrected chi connectivity index (χ1v) is 6.35. The molecule has 1 aromatic heterocycles. The number of para-hydroxylation sites is 1. The summed E-state index contributed by atoms with van der Waals surface area (Å²) in [4.78, 5) is 10.9. The summed E-state index contributed by atoms with van der Waals surface area (Å²) in [5.41, 5.74) is 1.54. The normalized spacial score (nSPS) is 17.6. The number of aromatic carboxylic acids is 1. The first-order valence-electron chi connectivity index (χ1n) is 6.35. The number of hydrogen-bond donors (Lipinski definition) is 1. The predicted octanol–water partition coefficient (Wildman–Crippen LogP) is 2.75. The SMILES string of the molecule is O=C(O)c1ccn(CC2CCOc3ccccc32)c1. The van der Waals surface area contributed by atoms with Crippen molar-refractivity contribution in [2.24, 2.45) is 0 Å². The molecule has 0 fully saturated rings. The van der Waals surface area contributed by atoms with Gasteiger partial charge in [-0.25, -0.2) is 4.79 Å². The number of ether oxygens (including phenoxy) is 1. The molecule has 2 heterocycles. The van der Waals surface area contributed by atoms with E-state index in [1.54, 1.807) is 12.3 Å². The average molecular weight is 257 g/mol. The van der Waals surface area contributed by atoms with Crippen molar-refractivity contribution in [3.63, 3.8) is 0 Å². The van der Waals surface area contributed by atoms with Crippen LogP contribution in [0.5, 0.6) is 5.75 Å². The van der Waals surface area contributed by atoms with Gasteiger partial charge >= 0.3 is 5.97 Å². The molecule has 1 aliphatic heterocycles. The Morgan fingerprint density at radius 1 is 1.37 bits per heavy atom. The lowest BCUT2D eigenvalue weighted by Crippen LogP contribution is -2.18. The smallest absolute Gasteiger partial charge is 0.337 e. The largest absolute Gasteiger partial charge is 0.493 e. The van der Waals surface area contributed by atoms with Crippen molar-refractivity contribution in [2.75, 3.05) is 6.61 Å². The molecule has 2 aromatic rings. The van der Waals surface area contributed by atoms with Crippen LogP contribution in [0.15, 0.2) is 42.7 Å². The van der Waals surface area contributed by atoms with Crippen LogP contribution in [0.3, 0.4) is 0 Å². The highest BCUT2D eigenvalue weighted by Gasteiger charge is 2.21. The minimum absolute atomic E-state index is 0.334. The molecule has 1 N–H and O–H groups in total. The van der Waals surface area contributed by atoms with Crippen molar-refractivity contribution in [3.8, 4) is 5.75 Å². The van der Waals surface area contributed by atoms with Gasteiger partial charge in [0, 0.05) is 24.9 Å². The number of benzene rings is 1. The summed E-state index contributed by atoms with van der Waals surface area (Å²) < 4.78 is 7.57. The molecule has 4 heteroatoms. The fraction of sp³-hybridized carbons (Fsp3) is 0.267. The molecule has 0 radical (unpaired) electrons. The van der Waals surface area contributed by atoms with Crippen LogP contribution in [0.1, 0.15) is 28.3 Å². The summed E-state index contributed by atoms with van der Waals surface area (Å²) >= 11 is 0. The Morgan fingerprint density at radius 3 is 3.00 bits per heavy atom. The first-order chi connectivity index (χ1) is 9.24. The van der Waals surface area contributed by atoms with Gasteiger partial charge in [-0.3, -0.25) is 0 Å². The van der Waals surface area contributed by atoms with E-state index in [1.165, 1.54) is 5.56 Å². The molecule has 0 saturated carbocycles. The van der Waals surface area contributed by atoms with Crippen molar-refractivity contribution in [3.05, 3.63) is 53.9 Å². The molecule has 0 saturated heterocycles. The van der Waals surface area contributed by atoms with Gasteiger partial charge in [-0.05, 0) is 24.1 Å². The molecular weight excluding hydrogens is 242 g/mol. The van der Waals surface area contributed by atoms with E-state index in [0.29, 0.717) is 11.5 Å². The first kappa shape index (κ1) is 11.8. The van der Waals surface area contributed by atoms with Gasteiger partial charge in [-0.15, -0.1) is 0 Å². The van der Waals surface area contributed by atoms with Gasteiger partial charge in [0.25, 0.3) is 0 Å². The van der Waals surface area contributed by atoms with Crippen LogP contribution in [-0.4, -0.2) is 22.2 Å². The van der Waals surface area contributed by atoms with Crippen LogP contribution in [0.25, 0.3) is 0 Å². The maximum Gasteiger partial charge on any atom is 0.337 e. The van der Waals surface area contributed by atoms with Crippen molar-refractivity contribution < 1.29 is 14.6 Å². The van der Waals surface area contributed by atoms with Gasteiger partial charge in [0.2, 0.25) is 0 Å². The standard InChI is InChI=1S/C15H15NO3/c17-15(18)12-5-7-16(10-12)9-11-6-8-19-14-4-2-1-3-13(11)14/h1-5,7,10-11H,6,8-9H2,(H,17,18). The number of carboxylic acid groups (broad SMARTS) is 1. The molecule has 3 rings (SSSR count). The highest BCUT2D eigenvalue weighted by molar-refractivity contribution is 5.87. The van der Waals surface area contributed by atoms with Gasteiger partial charge in [0.05, 0.1) is 12.2 Å². The Bertz CT molecular complexity index is 603. The Hall–Kier alpha value is -2.23. The van der Waals surface area contributed by atoms with Crippen LogP contribution in [-0.2, 0) is 6.54 Å². The molecule has 4 nitrogen and oxygen atoms in total. The monoisotopic (exact) mass is 257 g/mol. The van der Waals surface area contributed by atoms with E-state index in [1.807, 2.05) is 29.0 Å². The van der Waals surface area contributed by atoms with Gasteiger partial charge in [0.1, 0.15) is 5.75 Å². The fourth-order valence-electron chi connectivity index (χ4n) is 2.54. The molecule has 0 spiro atoms. The second-order valence-corrected chi connectivity index (χ2v) is 4.77. The van der Waals surface area contributed by atoms with E-state index < -0.39 is 5.97 Å². The van der Waals surface area contributed by atoms with E-state index in [4.69, 9.17) is 9.84 Å². The van der Waals surface area contributed by atoms with Crippen molar-refractivity contribution >= 4 is 5.97 Å². The van der Waals surface area contributed by atoms with Crippen LogP contribution in [0.4, 0.5) is 0 Å². The molecule has 98 valence electrons. The lowest BCUT2D eigenvalue weighted by atomic mass is 9.93. The van der Waals surface area contributed by atoms with Gasteiger partial charge in [-0.1, -0.05) is 18.2 Å². The summed E-state index contributed by atoms with van der Waals surface area (Å²) in [5, 5.41) is 8.93. The zero-order valence-electron chi connectivity index (χ0n) is 10.5. The Kier molecular flexibility index (Phi) is 2.99. The number of hydrogen-bond acceptors (Lipinski definition) is 2. The Morgan fingerprint density at radius 2 is 2.21 bits per heavy atom. The number of carbonyl (C=O) groups is 1. The second-order valence-electron chi connectivity index (χ2n) is 4.77. The lowest BCUT2D eigenvalue weighted by molar-refractivity contribution is 0.0697. The van der Waals surface area contributed by atoms with Crippen LogP contribution in [0, 0.1) is 0 Å². The van der Waals surface area contributed by atoms with E-state index >= 15 is 0 Å². The Labute approximate surface area is 111 Å². The summed E-state index contributed by atoms with van der Waals surface area (Å²) in [7, 11) is 0. The lowest BCUT2D eigenvalue weighted by Gasteiger charge is -2.26. The summed E-state index contributed by atoms with van der Waals surface area (Å²) in [5.74, 6) is 0.439. The number of aromatic nitrogens is 1. The number of rotatable bonds is 3. The summed E-state index contributed by atoms with van der Waals surface area (Å²) in [6.07, 6.45) is 4.46. The van der Waals surface area contributed by atoms with E-state index in [2.05, 4.69) is 6.07 Å². The van der Waals surface area contributed by atoms with Crippen molar-refractivity contribution in [1.82, 2.24) is 4.57 Å². The molecule has 0 bridgehead atoms. The molecule has 0 amide bonds. The van der Waals surface area contributed by atoms with Crippen LogP contribution in [0.2, 0.25) is 0 Å². The van der Waals surface area contributed by atoms with E-state index in [9.17, 15) is 4.79 Å². The maximum absolute atomic E-state index is 10.9. The second kappa shape index (κ2) is 4.80. The topological polar surface area (TPSA) is 51.5 Å². The molecule has 1 aliphatic rings. The third-order valence-corrected chi connectivity index (χ3v) is 3.51. The number of nitrogens with zero attached hydrogens (tertiary/aromatic N) is 1. The van der Waals surface area contributed by atoms with Crippen molar-refractivity contribution in [1.29, 1.82) is 0 Å².